The van der Waals surface area contributed by atoms with Gasteiger partial charge in [0.05, 0.1) is 13.2 Å². The molecule has 2 amide bonds. The maximum atomic E-state index is 12.7. The van der Waals surface area contributed by atoms with Gasteiger partial charge >= 0.3 is 6.03 Å². The van der Waals surface area contributed by atoms with Gasteiger partial charge in [0, 0.05) is 56.7 Å². The van der Waals surface area contributed by atoms with Gasteiger partial charge in [-0.1, -0.05) is 12.1 Å². The molecule has 0 bridgehead atoms. The first kappa shape index (κ1) is 20.4. The highest BCUT2D eigenvalue weighted by atomic mass is 16.5. The summed E-state index contributed by atoms with van der Waals surface area (Å²) in [7, 11) is 0. The average molecular weight is 411 g/mol. The summed E-state index contributed by atoms with van der Waals surface area (Å²) >= 11 is 0. The predicted molar refractivity (Wildman–Crippen MR) is 119 cm³/mol. The van der Waals surface area contributed by atoms with Crippen molar-refractivity contribution in [2.24, 2.45) is 0 Å². The number of urea groups is 1. The Balaban J connectivity index is 1.39. The molecular formula is C22H30N6O2. The highest BCUT2D eigenvalue weighted by molar-refractivity contribution is 5.90. The Bertz CT molecular complexity index is 904. The zero-order valence-electron chi connectivity index (χ0n) is 18.0. The van der Waals surface area contributed by atoms with Crippen molar-refractivity contribution in [2.75, 3.05) is 67.6 Å². The van der Waals surface area contributed by atoms with E-state index in [-0.39, 0.29) is 6.03 Å². The third-order valence-corrected chi connectivity index (χ3v) is 5.65. The zero-order chi connectivity index (χ0) is 21.1. The Morgan fingerprint density at radius 3 is 2.40 bits per heavy atom. The molecule has 8 nitrogen and oxygen atoms in total. The smallest absolute Gasteiger partial charge is 0.321 e. The number of piperazine rings is 1. The molecule has 0 spiro atoms. The summed E-state index contributed by atoms with van der Waals surface area (Å²) in [5.74, 6) is 1.70. The van der Waals surface area contributed by atoms with Gasteiger partial charge < -0.3 is 24.8 Å². The Morgan fingerprint density at radius 2 is 1.67 bits per heavy atom. The SMILES string of the molecule is Cc1ccc(C)c(NC(=O)N2CCN(c3cc(C)nc(N4CCOCC4)n3)CC2)c1. The van der Waals surface area contributed by atoms with E-state index in [2.05, 4.69) is 26.2 Å². The van der Waals surface area contributed by atoms with E-state index < -0.39 is 0 Å². The molecule has 3 heterocycles. The van der Waals surface area contributed by atoms with E-state index in [0.717, 1.165) is 60.5 Å². The van der Waals surface area contributed by atoms with Crippen molar-refractivity contribution in [1.82, 2.24) is 14.9 Å². The van der Waals surface area contributed by atoms with Crippen molar-refractivity contribution in [3.8, 4) is 0 Å². The summed E-state index contributed by atoms with van der Waals surface area (Å²) in [4.78, 5) is 28.4. The summed E-state index contributed by atoms with van der Waals surface area (Å²) in [6.07, 6.45) is 0. The molecule has 2 aliphatic rings. The van der Waals surface area contributed by atoms with Crippen LogP contribution in [0.3, 0.4) is 0 Å². The Labute approximate surface area is 177 Å². The highest BCUT2D eigenvalue weighted by Gasteiger charge is 2.24. The topological polar surface area (TPSA) is 73.8 Å². The van der Waals surface area contributed by atoms with Crippen LogP contribution < -0.4 is 15.1 Å². The van der Waals surface area contributed by atoms with Crippen molar-refractivity contribution in [2.45, 2.75) is 20.8 Å². The second-order valence-electron chi connectivity index (χ2n) is 7.99. The molecule has 2 aliphatic heterocycles. The molecule has 2 aromatic rings. The Kier molecular flexibility index (Phi) is 6.03. The number of aryl methyl sites for hydroxylation is 3. The molecule has 0 aliphatic carbocycles. The number of morpholine rings is 1. The Morgan fingerprint density at radius 1 is 0.933 bits per heavy atom. The third kappa shape index (κ3) is 4.64. The fourth-order valence-corrected chi connectivity index (χ4v) is 3.81. The number of carbonyl (C=O) groups excluding carboxylic acids is 1. The number of ether oxygens (including phenoxy) is 1. The summed E-state index contributed by atoms with van der Waals surface area (Å²) < 4.78 is 5.44. The average Bonchev–Trinajstić information content (AvgIpc) is 2.76. The van der Waals surface area contributed by atoms with Crippen LogP contribution in [0.5, 0.6) is 0 Å². The normalized spacial score (nSPS) is 17.2. The fourth-order valence-electron chi connectivity index (χ4n) is 3.81. The number of anilines is 3. The number of aromatic nitrogens is 2. The van der Waals surface area contributed by atoms with Crippen molar-refractivity contribution in [3.63, 3.8) is 0 Å². The second kappa shape index (κ2) is 8.87. The second-order valence-corrected chi connectivity index (χ2v) is 7.99. The van der Waals surface area contributed by atoms with E-state index in [9.17, 15) is 4.79 Å². The fraction of sp³-hybridized carbons (Fsp3) is 0.500. The standard InChI is InChI=1S/C22H30N6O2/c1-16-4-5-17(2)19(14-16)24-22(29)28-8-6-26(7-9-28)20-15-18(3)23-21(25-20)27-10-12-30-13-11-27/h4-5,14-15H,6-13H2,1-3H3,(H,24,29). The van der Waals surface area contributed by atoms with Gasteiger partial charge in [0.1, 0.15) is 5.82 Å². The van der Waals surface area contributed by atoms with Gasteiger partial charge in [-0.15, -0.1) is 0 Å². The molecule has 0 unspecified atom stereocenters. The Hall–Kier alpha value is -2.87. The number of nitrogens with zero attached hydrogens (tertiary/aromatic N) is 5. The van der Waals surface area contributed by atoms with Crippen LogP contribution in [0.4, 0.5) is 22.2 Å². The predicted octanol–water partition coefficient (Wildman–Crippen LogP) is 2.59. The van der Waals surface area contributed by atoms with Gasteiger partial charge in [-0.2, -0.15) is 4.98 Å². The lowest BCUT2D eigenvalue weighted by Gasteiger charge is -2.36. The molecule has 0 radical (unpaired) electrons. The van der Waals surface area contributed by atoms with Gasteiger partial charge in [0.25, 0.3) is 0 Å². The van der Waals surface area contributed by atoms with Crippen LogP contribution in [0.2, 0.25) is 0 Å². The van der Waals surface area contributed by atoms with Crippen LogP contribution in [-0.4, -0.2) is 73.4 Å². The van der Waals surface area contributed by atoms with Gasteiger partial charge in [-0.3, -0.25) is 0 Å². The molecular weight excluding hydrogens is 380 g/mol. The molecule has 2 saturated heterocycles. The zero-order valence-corrected chi connectivity index (χ0v) is 18.0. The van der Waals surface area contributed by atoms with E-state index in [1.54, 1.807) is 0 Å². The van der Waals surface area contributed by atoms with E-state index in [4.69, 9.17) is 9.72 Å². The van der Waals surface area contributed by atoms with Crippen molar-refractivity contribution in [3.05, 3.63) is 41.1 Å². The van der Waals surface area contributed by atoms with Crippen LogP contribution in [-0.2, 0) is 4.74 Å². The largest absolute Gasteiger partial charge is 0.378 e. The van der Waals surface area contributed by atoms with E-state index >= 15 is 0 Å². The molecule has 1 aromatic heterocycles. The minimum Gasteiger partial charge on any atom is -0.378 e. The number of rotatable bonds is 3. The minimum absolute atomic E-state index is 0.0452. The highest BCUT2D eigenvalue weighted by Crippen LogP contribution is 2.21. The molecule has 0 atom stereocenters. The van der Waals surface area contributed by atoms with E-state index in [0.29, 0.717) is 26.3 Å². The van der Waals surface area contributed by atoms with Crippen LogP contribution in [0.25, 0.3) is 0 Å². The maximum absolute atomic E-state index is 12.7. The number of benzene rings is 1. The lowest BCUT2D eigenvalue weighted by Crippen LogP contribution is -2.50. The lowest BCUT2D eigenvalue weighted by molar-refractivity contribution is 0.122. The van der Waals surface area contributed by atoms with Crippen LogP contribution in [0.15, 0.2) is 24.3 Å². The number of amides is 2. The molecule has 1 N–H and O–H groups in total. The van der Waals surface area contributed by atoms with E-state index in [1.807, 2.05) is 43.9 Å². The molecule has 0 saturated carbocycles. The first-order valence-corrected chi connectivity index (χ1v) is 10.6. The van der Waals surface area contributed by atoms with Crippen LogP contribution in [0.1, 0.15) is 16.8 Å². The van der Waals surface area contributed by atoms with Crippen LogP contribution >= 0.6 is 0 Å². The first-order chi connectivity index (χ1) is 14.5. The van der Waals surface area contributed by atoms with Crippen LogP contribution in [0, 0.1) is 20.8 Å². The van der Waals surface area contributed by atoms with Crippen molar-refractivity contribution in [1.29, 1.82) is 0 Å². The number of carbonyl (C=O) groups is 1. The van der Waals surface area contributed by atoms with E-state index in [1.165, 1.54) is 0 Å². The van der Waals surface area contributed by atoms with Gasteiger partial charge in [-0.05, 0) is 38.0 Å². The summed E-state index contributed by atoms with van der Waals surface area (Å²) in [6, 6.07) is 8.08. The van der Waals surface area contributed by atoms with Gasteiger partial charge in [0.15, 0.2) is 0 Å². The first-order valence-electron chi connectivity index (χ1n) is 10.6. The van der Waals surface area contributed by atoms with Gasteiger partial charge in [-0.25, -0.2) is 9.78 Å². The number of nitrogens with one attached hydrogen (secondary N) is 1. The summed E-state index contributed by atoms with van der Waals surface area (Å²) in [5, 5.41) is 3.06. The summed E-state index contributed by atoms with van der Waals surface area (Å²) in [5.41, 5.74) is 4.04. The van der Waals surface area contributed by atoms with Crippen molar-refractivity contribution < 1.29 is 9.53 Å². The number of hydrogen-bond donors (Lipinski definition) is 1. The molecule has 8 heteroatoms. The van der Waals surface area contributed by atoms with Gasteiger partial charge in [0.2, 0.25) is 5.95 Å². The molecule has 160 valence electrons. The number of hydrogen-bond acceptors (Lipinski definition) is 6. The third-order valence-electron chi connectivity index (χ3n) is 5.65. The monoisotopic (exact) mass is 410 g/mol. The summed E-state index contributed by atoms with van der Waals surface area (Å²) in [6.45, 7) is 11.9. The molecule has 4 rings (SSSR count). The molecule has 2 fully saturated rings. The van der Waals surface area contributed by atoms with Crippen molar-refractivity contribution >= 4 is 23.5 Å². The minimum atomic E-state index is -0.0452. The quantitative estimate of drug-likeness (QED) is 0.839. The molecule has 30 heavy (non-hydrogen) atoms. The molecule has 1 aromatic carbocycles. The maximum Gasteiger partial charge on any atom is 0.321 e. The lowest BCUT2D eigenvalue weighted by atomic mass is 10.1.